The summed E-state index contributed by atoms with van der Waals surface area (Å²) < 4.78 is 5.53. The summed E-state index contributed by atoms with van der Waals surface area (Å²) in [5.41, 5.74) is -0.311. The zero-order valence-corrected chi connectivity index (χ0v) is 8.25. The van der Waals surface area contributed by atoms with Gasteiger partial charge in [-0.2, -0.15) is 0 Å². The fourth-order valence-electron chi connectivity index (χ4n) is 1.77. The van der Waals surface area contributed by atoms with E-state index in [1.54, 1.807) is 0 Å². The summed E-state index contributed by atoms with van der Waals surface area (Å²) in [7, 11) is 0. The molecule has 0 spiro atoms. The van der Waals surface area contributed by atoms with Gasteiger partial charge in [0.25, 0.3) is 0 Å². The van der Waals surface area contributed by atoms with Crippen LogP contribution in [0.5, 0.6) is 0 Å². The molecule has 1 heterocycles. The molecule has 2 heteroatoms. The van der Waals surface area contributed by atoms with E-state index in [1.165, 1.54) is 0 Å². The van der Waals surface area contributed by atoms with Crippen molar-refractivity contribution in [2.24, 2.45) is 0 Å². The van der Waals surface area contributed by atoms with Crippen molar-refractivity contribution in [3.05, 3.63) is 0 Å². The van der Waals surface area contributed by atoms with Gasteiger partial charge in [-0.05, 0) is 32.6 Å². The van der Waals surface area contributed by atoms with Crippen molar-refractivity contribution in [3.8, 4) is 12.3 Å². The minimum Gasteiger partial charge on any atom is -0.390 e. The van der Waals surface area contributed by atoms with Gasteiger partial charge in [0.2, 0.25) is 0 Å². The quantitative estimate of drug-likeness (QED) is 0.530. The highest BCUT2D eigenvalue weighted by atomic mass is 16.5. The Morgan fingerprint density at radius 1 is 1.69 bits per heavy atom. The molecule has 1 aliphatic rings. The van der Waals surface area contributed by atoms with E-state index in [1.807, 2.05) is 6.92 Å². The van der Waals surface area contributed by atoms with Crippen LogP contribution in [0.15, 0.2) is 0 Å². The van der Waals surface area contributed by atoms with Crippen LogP contribution in [-0.2, 0) is 4.74 Å². The minimum absolute atomic E-state index is 0.311. The second-order valence-electron chi connectivity index (χ2n) is 3.88. The lowest BCUT2D eigenvalue weighted by molar-refractivity contribution is -0.0807. The van der Waals surface area contributed by atoms with Crippen LogP contribution < -0.4 is 0 Å². The molecular weight excluding hydrogens is 164 g/mol. The average molecular weight is 182 g/mol. The van der Waals surface area contributed by atoms with Crippen molar-refractivity contribution in [2.75, 3.05) is 6.61 Å². The predicted molar refractivity (Wildman–Crippen MR) is 52.3 cm³/mol. The predicted octanol–water partition coefficient (Wildman–Crippen LogP) is 1.72. The molecule has 0 radical (unpaired) electrons. The molecular formula is C11H18O2. The zero-order valence-electron chi connectivity index (χ0n) is 8.25. The Balaban J connectivity index is 2.29. The van der Waals surface area contributed by atoms with E-state index in [-0.39, 0.29) is 11.7 Å². The molecule has 0 aliphatic carbocycles. The summed E-state index contributed by atoms with van der Waals surface area (Å²) in [5, 5.41) is 9.84. The molecule has 74 valence electrons. The summed E-state index contributed by atoms with van der Waals surface area (Å²) in [5.74, 6) is 2.57. The lowest BCUT2D eigenvalue weighted by atomic mass is 9.92. The van der Waals surface area contributed by atoms with Crippen molar-refractivity contribution in [1.82, 2.24) is 0 Å². The number of hydrogen-bond donors (Lipinski definition) is 1. The Labute approximate surface area is 80.3 Å². The van der Waals surface area contributed by atoms with Gasteiger partial charge >= 0.3 is 0 Å². The van der Waals surface area contributed by atoms with Crippen molar-refractivity contribution in [1.29, 1.82) is 0 Å². The number of rotatable bonds is 4. The van der Waals surface area contributed by atoms with E-state index in [0.717, 1.165) is 38.7 Å². The average Bonchev–Trinajstić information content (AvgIpc) is 2.54. The molecule has 1 fully saturated rings. The van der Waals surface area contributed by atoms with Crippen LogP contribution in [-0.4, -0.2) is 23.4 Å². The highest BCUT2D eigenvalue weighted by Crippen LogP contribution is 2.30. The molecule has 1 aliphatic heterocycles. The summed E-state index contributed by atoms with van der Waals surface area (Å²) in [6, 6.07) is 0. The maximum absolute atomic E-state index is 9.84. The normalized spacial score (nSPS) is 29.9. The van der Waals surface area contributed by atoms with Crippen LogP contribution in [0.25, 0.3) is 0 Å². The SMILES string of the molecule is C#CCCCC(O)C1(C)CCCO1. The minimum atomic E-state index is -0.358. The van der Waals surface area contributed by atoms with Gasteiger partial charge in [-0.3, -0.25) is 0 Å². The van der Waals surface area contributed by atoms with Crippen LogP contribution in [0.2, 0.25) is 0 Å². The molecule has 1 N–H and O–H groups in total. The third-order valence-corrected chi connectivity index (χ3v) is 2.75. The summed E-state index contributed by atoms with van der Waals surface area (Å²) in [6.45, 7) is 2.77. The monoisotopic (exact) mass is 182 g/mol. The highest BCUT2D eigenvalue weighted by Gasteiger charge is 2.36. The maximum Gasteiger partial charge on any atom is 0.0913 e. The fourth-order valence-corrected chi connectivity index (χ4v) is 1.77. The van der Waals surface area contributed by atoms with E-state index in [4.69, 9.17) is 11.2 Å². The van der Waals surface area contributed by atoms with Crippen LogP contribution in [0.3, 0.4) is 0 Å². The Morgan fingerprint density at radius 3 is 3.00 bits per heavy atom. The Bertz CT molecular complexity index is 187. The maximum atomic E-state index is 9.84. The Morgan fingerprint density at radius 2 is 2.46 bits per heavy atom. The van der Waals surface area contributed by atoms with Crippen molar-refractivity contribution >= 4 is 0 Å². The molecule has 2 nitrogen and oxygen atoms in total. The number of terminal acetylenes is 1. The number of unbranched alkanes of at least 4 members (excludes halogenated alkanes) is 1. The first-order valence-electron chi connectivity index (χ1n) is 4.94. The van der Waals surface area contributed by atoms with Crippen molar-refractivity contribution in [3.63, 3.8) is 0 Å². The van der Waals surface area contributed by atoms with Gasteiger partial charge < -0.3 is 9.84 Å². The van der Waals surface area contributed by atoms with Gasteiger partial charge in [0, 0.05) is 13.0 Å². The zero-order chi connectivity index (χ0) is 9.73. The van der Waals surface area contributed by atoms with Crippen LogP contribution in [0.1, 0.15) is 39.0 Å². The third-order valence-electron chi connectivity index (χ3n) is 2.75. The standard InChI is InChI=1S/C11H18O2/c1-3-4-5-7-10(12)11(2)8-6-9-13-11/h1,10,12H,4-9H2,2H3. The topological polar surface area (TPSA) is 29.5 Å². The van der Waals surface area contributed by atoms with Gasteiger partial charge in [-0.1, -0.05) is 0 Å². The van der Waals surface area contributed by atoms with Gasteiger partial charge in [-0.15, -0.1) is 12.3 Å². The first-order chi connectivity index (χ1) is 6.19. The lowest BCUT2D eigenvalue weighted by Crippen LogP contribution is -2.38. The number of aliphatic hydroxyl groups excluding tert-OH is 1. The first-order valence-corrected chi connectivity index (χ1v) is 4.94. The molecule has 0 aromatic heterocycles. The molecule has 2 atom stereocenters. The van der Waals surface area contributed by atoms with Crippen LogP contribution in [0, 0.1) is 12.3 Å². The van der Waals surface area contributed by atoms with Gasteiger partial charge in [0.05, 0.1) is 11.7 Å². The smallest absolute Gasteiger partial charge is 0.0913 e. The molecule has 1 saturated heterocycles. The first kappa shape index (κ1) is 10.6. The van der Waals surface area contributed by atoms with E-state index < -0.39 is 0 Å². The van der Waals surface area contributed by atoms with Gasteiger partial charge in [-0.25, -0.2) is 0 Å². The molecule has 0 aromatic rings. The van der Waals surface area contributed by atoms with Crippen LogP contribution in [0.4, 0.5) is 0 Å². The van der Waals surface area contributed by atoms with E-state index in [0.29, 0.717) is 0 Å². The number of ether oxygens (including phenoxy) is 1. The summed E-state index contributed by atoms with van der Waals surface area (Å²) >= 11 is 0. The van der Waals surface area contributed by atoms with Gasteiger partial charge in [0.15, 0.2) is 0 Å². The second kappa shape index (κ2) is 4.64. The van der Waals surface area contributed by atoms with E-state index >= 15 is 0 Å². The molecule has 13 heavy (non-hydrogen) atoms. The molecule has 2 unspecified atom stereocenters. The fraction of sp³-hybridized carbons (Fsp3) is 0.818. The molecule has 0 amide bonds. The highest BCUT2D eigenvalue weighted by molar-refractivity contribution is 4.89. The number of hydrogen-bond acceptors (Lipinski definition) is 2. The second-order valence-corrected chi connectivity index (χ2v) is 3.88. The number of aliphatic hydroxyl groups is 1. The third kappa shape index (κ3) is 2.72. The summed E-state index contributed by atoms with van der Waals surface area (Å²) in [4.78, 5) is 0. The molecule has 0 bridgehead atoms. The van der Waals surface area contributed by atoms with Crippen LogP contribution >= 0.6 is 0 Å². The van der Waals surface area contributed by atoms with E-state index in [2.05, 4.69) is 5.92 Å². The molecule has 1 rings (SSSR count). The lowest BCUT2D eigenvalue weighted by Gasteiger charge is -2.29. The van der Waals surface area contributed by atoms with Gasteiger partial charge in [0.1, 0.15) is 0 Å². The van der Waals surface area contributed by atoms with Crippen molar-refractivity contribution < 1.29 is 9.84 Å². The molecule has 0 aromatic carbocycles. The Kier molecular flexibility index (Phi) is 3.77. The molecule has 0 saturated carbocycles. The Hall–Kier alpha value is -0.520. The largest absolute Gasteiger partial charge is 0.390 e. The van der Waals surface area contributed by atoms with E-state index in [9.17, 15) is 5.11 Å². The summed E-state index contributed by atoms with van der Waals surface area (Å²) in [6.07, 6.45) is 9.18. The van der Waals surface area contributed by atoms with Crippen molar-refractivity contribution in [2.45, 2.75) is 50.7 Å².